The number of nitrogens with one attached hydrogen (secondary N) is 1. The standard InChI is InChI=1S/C14H16N2O5S/c1-2-9-6-12(16-8-10-4-3-5-21-10)11(14(17)18)7-13(9)22(15,19)20/h3-7,16H,2,8H2,1H3,(H,17,18)(H2,15,19,20). The normalized spacial score (nSPS) is 11.4. The number of nitrogens with two attached hydrogens (primary N) is 1. The zero-order valence-corrected chi connectivity index (χ0v) is 12.7. The lowest BCUT2D eigenvalue weighted by atomic mass is 10.1. The van der Waals surface area contributed by atoms with Crippen molar-refractivity contribution < 1.29 is 22.7 Å². The third-order valence-corrected chi connectivity index (χ3v) is 4.14. The van der Waals surface area contributed by atoms with Crippen LogP contribution in [0.3, 0.4) is 0 Å². The number of aromatic carboxylic acids is 1. The minimum atomic E-state index is -3.99. The first-order valence-corrected chi connectivity index (χ1v) is 8.06. The maximum Gasteiger partial charge on any atom is 0.337 e. The molecule has 0 saturated heterocycles. The number of carbonyl (C=O) groups is 1. The van der Waals surface area contributed by atoms with Crippen molar-refractivity contribution in [1.29, 1.82) is 0 Å². The third-order valence-electron chi connectivity index (χ3n) is 3.15. The number of hydrogen-bond acceptors (Lipinski definition) is 5. The first-order chi connectivity index (χ1) is 10.3. The molecule has 0 aliphatic rings. The second-order valence-electron chi connectivity index (χ2n) is 4.64. The van der Waals surface area contributed by atoms with E-state index in [9.17, 15) is 18.3 Å². The first-order valence-electron chi connectivity index (χ1n) is 6.52. The maximum atomic E-state index is 11.6. The van der Waals surface area contributed by atoms with Gasteiger partial charge >= 0.3 is 5.97 Å². The van der Waals surface area contributed by atoms with Crippen LogP contribution in [-0.4, -0.2) is 19.5 Å². The predicted molar refractivity (Wildman–Crippen MR) is 80.2 cm³/mol. The summed E-state index contributed by atoms with van der Waals surface area (Å²) in [6.45, 7) is 2.05. The lowest BCUT2D eigenvalue weighted by Crippen LogP contribution is -2.17. The van der Waals surface area contributed by atoms with Crippen LogP contribution in [0, 0.1) is 0 Å². The Morgan fingerprint density at radius 1 is 1.41 bits per heavy atom. The van der Waals surface area contributed by atoms with Gasteiger partial charge < -0.3 is 14.8 Å². The molecule has 2 rings (SSSR count). The van der Waals surface area contributed by atoms with Gasteiger partial charge in [-0.25, -0.2) is 18.4 Å². The van der Waals surface area contributed by atoms with Crippen LogP contribution >= 0.6 is 0 Å². The maximum absolute atomic E-state index is 11.6. The molecule has 1 aromatic heterocycles. The SMILES string of the molecule is CCc1cc(NCc2ccco2)c(C(=O)O)cc1S(N)(=O)=O. The number of sulfonamides is 1. The van der Waals surface area contributed by atoms with E-state index in [1.165, 1.54) is 12.3 Å². The summed E-state index contributed by atoms with van der Waals surface area (Å²) in [5.74, 6) is -0.612. The zero-order chi connectivity index (χ0) is 16.3. The minimum Gasteiger partial charge on any atom is -0.478 e. The average molecular weight is 324 g/mol. The highest BCUT2D eigenvalue weighted by atomic mass is 32.2. The molecule has 0 unspecified atom stereocenters. The summed E-state index contributed by atoms with van der Waals surface area (Å²) >= 11 is 0. The molecule has 0 spiro atoms. The van der Waals surface area contributed by atoms with E-state index in [0.717, 1.165) is 6.07 Å². The van der Waals surface area contributed by atoms with Crippen molar-refractivity contribution in [3.63, 3.8) is 0 Å². The highest BCUT2D eigenvalue weighted by molar-refractivity contribution is 7.89. The molecule has 0 atom stereocenters. The van der Waals surface area contributed by atoms with Crippen molar-refractivity contribution in [3.05, 3.63) is 47.4 Å². The van der Waals surface area contributed by atoms with E-state index in [0.29, 0.717) is 23.4 Å². The summed E-state index contributed by atoms with van der Waals surface area (Å²) in [6.07, 6.45) is 1.91. The first kappa shape index (κ1) is 16.1. The van der Waals surface area contributed by atoms with Gasteiger partial charge in [-0.1, -0.05) is 6.92 Å². The summed E-state index contributed by atoms with van der Waals surface area (Å²) in [5.41, 5.74) is 0.607. The number of aryl methyl sites for hydroxylation is 1. The average Bonchev–Trinajstić information content (AvgIpc) is 2.96. The molecule has 0 saturated carbocycles. The number of carboxylic acid groups (broad SMARTS) is 1. The molecule has 8 heteroatoms. The molecule has 1 heterocycles. The second-order valence-corrected chi connectivity index (χ2v) is 6.17. The van der Waals surface area contributed by atoms with E-state index in [1.54, 1.807) is 19.1 Å². The van der Waals surface area contributed by atoms with Crippen LogP contribution in [0.15, 0.2) is 39.8 Å². The number of furan rings is 1. The largest absolute Gasteiger partial charge is 0.478 e. The van der Waals surface area contributed by atoms with Gasteiger partial charge in [0.2, 0.25) is 10.0 Å². The van der Waals surface area contributed by atoms with Gasteiger partial charge in [-0.05, 0) is 36.2 Å². The van der Waals surface area contributed by atoms with Crippen molar-refractivity contribution >= 4 is 21.7 Å². The highest BCUT2D eigenvalue weighted by Crippen LogP contribution is 2.25. The minimum absolute atomic E-state index is 0.159. The van der Waals surface area contributed by atoms with Gasteiger partial charge in [-0.3, -0.25) is 0 Å². The lowest BCUT2D eigenvalue weighted by Gasteiger charge is -2.13. The lowest BCUT2D eigenvalue weighted by molar-refractivity contribution is 0.0697. The molecule has 1 aromatic carbocycles. The van der Waals surface area contributed by atoms with Crippen molar-refractivity contribution in [1.82, 2.24) is 0 Å². The molecule has 0 amide bonds. The fraction of sp³-hybridized carbons (Fsp3) is 0.214. The zero-order valence-electron chi connectivity index (χ0n) is 11.9. The van der Waals surface area contributed by atoms with Crippen LogP contribution < -0.4 is 10.5 Å². The number of rotatable bonds is 6. The molecular formula is C14H16N2O5S. The Labute approximate surface area is 127 Å². The van der Waals surface area contributed by atoms with Crippen LogP contribution in [0.5, 0.6) is 0 Å². The van der Waals surface area contributed by atoms with E-state index in [2.05, 4.69) is 5.32 Å². The summed E-state index contributed by atoms with van der Waals surface area (Å²) < 4.78 is 28.3. The molecule has 118 valence electrons. The number of benzene rings is 1. The summed E-state index contributed by atoms with van der Waals surface area (Å²) in [6, 6.07) is 6.04. The fourth-order valence-electron chi connectivity index (χ4n) is 2.08. The monoisotopic (exact) mass is 324 g/mol. The van der Waals surface area contributed by atoms with Crippen molar-refractivity contribution in [2.24, 2.45) is 5.14 Å². The van der Waals surface area contributed by atoms with Gasteiger partial charge in [0.05, 0.1) is 23.3 Å². The Kier molecular flexibility index (Phi) is 4.53. The molecule has 4 N–H and O–H groups in total. The smallest absolute Gasteiger partial charge is 0.337 e. The molecule has 0 radical (unpaired) electrons. The Morgan fingerprint density at radius 2 is 2.14 bits per heavy atom. The third kappa shape index (κ3) is 3.46. The number of carboxylic acids is 1. The van der Waals surface area contributed by atoms with E-state index in [1.807, 2.05) is 0 Å². The van der Waals surface area contributed by atoms with Crippen molar-refractivity contribution in [2.45, 2.75) is 24.8 Å². The number of anilines is 1. The Hall–Kier alpha value is -2.32. The van der Waals surface area contributed by atoms with Gasteiger partial charge in [0, 0.05) is 5.69 Å². The van der Waals surface area contributed by atoms with E-state index in [4.69, 9.17) is 9.56 Å². The van der Waals surface area contributed by atoms with Crippen molar-refractivity contribution in [2.75, 3.05) is 5.32 Å². The second kappa shape index (κ2) is 6.20. The Morgan fingerprint density at radius 3 is 2.64 bits per heavy atom. The van der Waals surface area contributed by atoms with Crippen LogP contribution in [0.1, 0.15) is 28.6 Å². The van der Waals surface area contributed by atoms with Gasteiger partial charge in [0.1, 0.15) is 5.76 Å². The summed E-state index contributed by atoms with van der Waals surface area (Å²) in [4.78, 5) is 11.2. The van der Waals surface area contributed by atoms with Gasteiger partial charge in [0.25, 0.3) is 0 Å². The Balaban J connectivity index is 2.46. The summed E-state index contributed by atoms with van der Waals surface area (Å²) in [5, 5.41) is 17.4. The van der Waals surface area contributed by atoms with E-state index >= 15 is 0 Å². The van der Waals surface area contributed by atoms with Gasteiger partial charge in [-0.15, -0.1) is 0 Å². The molecule has 7 nitrogen and oxygen atoms in total. The topological polar surface area (TPSA) is 123 Å². The Bertz CT molecular complexity index is 782. The summed E-state index contributed by atoms with van der Waals surface area (Å²) in [7, 11) is -3.99. The molecule has 0 aliphatic carbocycles. The predicted octanol–water partition coefficient (Wildman–Crippen LogP) is 1.80. The van der Waals surface area contributed by atoms with Crippen LogP contribution in [0.4, 0.5) is 5.69 Å². The van der Waals surface area contributed by atoms with Gasteiger partial charge in [-0.2, -0.15) is 0 Å². The molecule has 22 heavy (non-hydrogen) atoms. The van der Waals surface area contributed by atoms with Crippen LogP contribution in [-0.2, 0) is 23.0 Å². The van der Waals surface area contributed by atoms with E-state index in [-0.39, 0.29) is 17.0 Å². The van der Waals surface area contributed by atoms with Crippen LogP contribution in [0.25, 0.3) is 0 Å². The molecule has 0 aliphatic heterocycles. The molecule has 0 bridgehead atoms. The quantitative estimate of drug-likeness (QED) is 0.744. The fourth-order valence-corrected chi connectivity index (χ4v) is 2.94. The molecular weight excluding hydrogens is 308 g/mol. The molecule has 0 fully saturated rings. The number of hydrogen-bond donors (Lipinski definition) is 3. The van der Waals surface area contributed by atoms with Gasteiger partial charge in [0.15, 0.2) is 0 Å². The highest BCUT2D eigenvalue weighted by Gasteiger charge is 2.20. The number of primary sulfonamides is 1. The van der Waals surface area contributed by atoms with Crippen molar-refractivity contribution in [3.8, 4) is 0 Å². The van der Waals surface area contributed by atoms with Crippen LogP contribution in [0.2, 0.25) is 0 Å². The molecule has 2 aromatic rings. The van der Waals surface area contributed by atoms with E-state index < -0.39 is 16.0 Å².